The van der Waals surface area contributed by atoms with E-state index in [9.17, 15) is 4.39 Å². The van der Waals surface area contributed by atoms with E-state index in [2.05, 4.69) is 22.2 Å². The van der Waals surface area contributed by atoms with Gasteiger partial charge < -0.3 is 5.32 Å². The highest BCUT2D eigenvalue weighted by Gasteiger charge is 2.14. The molecule has 3 nitrogen and oxygen atoms in total. The summed E-state index contributed by atoms with van der Waals surface area (Å²) in [5.41, 5.74) is 2.38. The van der Waals surface area contributed by atoms with Gasteiger partial charge in [-0.3, -0.25) is 0 Å². The van der Waals surface area contributed by atoms with Crippen molar-refractivity contribution in [1.82, 2.24) is 9.97 Å². The molecule has 0 spiro atoms. The standard InChI is InChI=1S/C15H17ClFN3/c1-4-5-13-19-14(9(2)15(18-3)20-13)11-7-6-10(17)8-12(11)16/h6-8H,4-5H2,1-3H3,(H,18,19,20). The number of nitrogens with one attached hydrogen (secondary N) is 1. The van der Waals surface area contributed by atoms with Crippen molar-refractivity contribution in [2.75, 3.05) is 12.4 Å². The molecule has 0 bridgehead atoms. The number of aromatic nitrogens is 2. The van der Waals surface area contributed by atoms with E-state index in [1.54, 1.807) is 6.07 Å². The van der Waals surface area contributed by atoms with Gasteiger partial charge >= 0.3 is 0 Å². The van der Waals surface area contributed by atoms with Gasteiger partial charge in [-0.1, -0.05) is 18.5 Å². The molecule has 1 heterocycles. The maximum absolute atomic E-state index is 13.2. The second-order valence-electron chi connectivity index (χ2n) is 4.59. The fourth-order valence-electron chi connectivity index (χ4n) is 2.09. The van der Waals surface area contributed by atoms with Crippen LogP contribution in [0.5, 0.6) is 0 Å². The molecule has 2 aromatic rings. The van der Waals surface area contributed by atoms with E-state index < -0.39 is 0 Å². The van der Waals surface area contributed by atoms with Crippen LogP contribution in [-0.4, -0.2) is 17.0 Å². The first-order valence-electron chi connectivity index (χ1n) is 6.57. The summed E-state index contributed by atoms with van der Waals surface area (Å²) < 4.78 is 13.2. The lowest BCUT2D eigenvalue weighted by Crippen LogP contribution is -2.05. The van der Waals surface area contributed by atoms with Gasteiger partial charge in [-0.25, -0.2) is 14.4 Å². The quantitative estimate of drug-likeness (QED) is 0.916. The van der Waals surface area contributed by atoms with Gasteiger partial charge in [0.15, 0.2) is 0 Å². The molecule has 0 amide bonds. The molecule has 0 radical (unpaired) electrons. The molecular formula is C15H17ClFN3. The van der Waals surface area contributed by atoms with Crippen molar-refractivity contribution in [3.05, 3.63) is 40.4 Å². The average molecular weight is 294 g/mol. The molecule has 0 aliphatic rings. The van der Waals surface area contributed by atoms with Gasteiger partial charge in [-0.2, -0.15) is 0 Å². The molecule has 1 N–H and O–H groups in total. The van der Waals surface area contributed by atoms with Gasteiger partial charge in [0.1, 0.15) is 17.5 Å². The zero-order chi connectivity index (χ0) is 14.7. The van der Waals surface area contributed by atoms with Crippen molar-refractivity contribution in [1.29, 1.82) is 0 Å². The molecule has 0 saturated carbocycles. The molecular weight excluding hydrogens is 277 g/mol. The van der Waals surface area contributed by atoms with Crippen molar-refractivity contribution in [3.63, 3.8) is 0 Å². The van der Waals surface area contributed by atoms with Crippen LogP contribution >= 0.6 is 11.6 Å². The van der Waals surface area contributed by atoms with Gasteiger partial charge in [0, 0.05) is 24.6 Å². The summed E-state index contributed by atoms with van der Waals surface area (Å²) >= 11 is 6.14. The number of anilines is 1. The third kappa shape index (κ3) is 2.90. The van der Waals surface area contributed by atoms with Crippen molar-refractivity contribution >= 4 is 17.4 Å². The monoisotopic (exact) mass is 293 g/mol. The molecule has 5 heteroatoms. The Kier molecular flexibility index (Phi) is 4.55. The Bertz CT molecular complexity index is 629. The van der Waals surface area contributed by atoms with Crippen molar-refractivity contribution in [2.24, 2.45) is 0 Å². The first-order chi connectivity index (χ1) is 9.56. The van der Waals surface area contributed by atoms with Crippen molar-refractivity contribution in [3.8, 4) is 11.3 Å². The van der Waals surface area contributed by atoms with E-state index in [0.29, 0.717) is 5.02 Å². The number of benzene rings is 1. The number of halogens is 2. The summed E-state index contributed by atoms with van der Waals surface area (Å²) in [5, 5.41) is 3.42. The molecule has 0 unspecified atom stereocenters. The van der Waals surface area contributed by atoms with Gasteiger partial charge in [-0.05, 0) is 31.5 Å². The minimum Gasteiger partial charge on any atom is -0.373 e. The summed E-state index contributed by atoms with van der Waals surface area (Å²) in [4.78, 5) is 9.05. The normalized spacial score (nSPS) is 10.7. The Morgan fingerprint density at radius 3 is 2.65 bits per heavy atom. The Balaban J connectivity index is 2.62. The van der Waals surface area contributed by atoms with Crippen LogP contribution in [0.3, 0.4) is 0 Å². The van der Waals surface area contributed by atoms with E-state index in [4.69, 9.17) is 11.6 Å². The lowest BCUT2D eigenvalue weighted by Gasteiger charge is -2.13. The number of hydrogen-bond acceptors (Lipinski definition) is 3. The van der Waals surface area contributed by atoms with Crippen LogP contribution in [0.15, 0.2) is 18.2 Å². The maximum atomic E-state index is 13.2. The van der Waals surface area contributed by atoms with E-state index >= 15 is 0 Å². The minimum absolute atomic E-state index is 0.354. The third-order valence-corrected chi connectivity index (χ3v) is 3.40. The fraction of sp³-hybridized carbons (Fsp3) is 0.333. The summed E-state index contributed by atoms with van der Waals surface area (Å²) in [6.07, 6.45) is 1.75. The number of rotatable bonds is 4. The van der Waals surface area contributed by atoms with E-state index in [0.717, 1.165) is 41.3 Å². The molecule has 0 atom stereocenters. The average Bonchev–Trinajstić information content (AvgIpc) is 2.41. The van der Waals surface area contributed by atoms with Crippen LogP contribution < -0.4 is 5.32 Å². The van der Waals surface area contributed by atoms with Gasteiger partial charge in [-0.15, -0.1) is 0 Å². The predicted octanol–water partition coefficient (Wildman–Crippen LogP) is 4.24. The number of nitrogens with zero attached hydrogens (tertiary/aromatic N) is 2. The first kappa shape index (κ1) is 14.7. The number of hydrogen-bond donors (Lipinski definition) is 1. The molecule has 0 saturated heterocycles. The summed E-state index contributed by atoms with van der Waals surface area (Å²) in [7, 11) is 1.82. The Morgan fingerprint density at radius 2 is 2.05 bits per heavy atom. The highest BCUT2D eigenvalue weighted by molar-refractivity contribution is 6.33. The van der Waals surface area contributed by atoms with E-state index in [1.165, 1.54) is 12.1 Å². The zero-order valence-electron chi connectivity index (χ0n) is 11.8. The molecule has 0 aliphatic carbocycles. The maximum Gasteiger partial charge on any atom is 0.132 e. The van der Waals surface area contributed by atoms with Crippen LogP contribution in [0.2, 0.25) is 5.02 Å². The summed E-state index contributed by atoms with van der Waals surface area (Å²) in [6, 6.07) is 4.35. The van der Waals surface area contributed by atoms with E-state index in [1.807, 2.05) is 14.0 Å². The van der Waals surface area contributed by atoms with Gasteiger partial charge in [0.05, 0.1) is 10.7 Å². The Labute approximate surface area is 123 Å². The second-order valence-corrected chi connectivity index (χ2v) is 4.99. The second kappa shape index (κ2) is 6.18. The van der Waals surface area contributed by atoms with Crippen LogP contribution in [-0.2, 0) is 6.42 Å². The molecule has 0 aliphatic heterocycles. The van der Waals surface area contributed by atoms with Crippen LogP contribution in [0.1, 0.15) is 24.7 Å². The minimum atomic E-state index is -0.354. The lowest BCUT2D eigenvalue weighted by atomic mass is 10.1. The molecule has 20 heavy (non-hydrogen) atoms. The zero-order valence-corrected chi connectivity index (χ0v) is 12.6. The molecule has 0 fully saturated rings. The highest BCUT2D eigenvalue weighted by Crippen LogP contribution is 2.31. The highest BCUT2D eigenvalue weighted by atomic mass is 35.5. The number of aryl methyl sites for hydroxylation is 1. The summed E-state index contributed by atoms with van der Waals surface area (Å²) in [6.45, 7) is 4.00. The van der Waals surface area contributed by atoms with E-state index in [-0.39, 0.29) is 5.82 Å². The molecule has 106 valence electrons. The smallest absolute Gasteiger partial charge is 0.132 e. The van der Waals surface area contributed by atoms with Crippen molar-refractivity contribution in [2.45, 2.75) is 26.7 Å². The topological polar surface area (TPSA) is 37.8 Å². The lowest BCUT2D eigenvalue weighted by molar-refractivity contribution is 0.628. The first-order valence-corrected chi connectivity index (χ1v) is 6.95. The third-order valence-electron chi connectivity index (χ3n) is 3.09. The van der Waals surface area contributed by atoms with Gasteiger partial charge in [0.25, 0.3) is 0 Å². The molecule has 1 aromatic carbocycles. The van der Waals surface area contributed by atoms with Crippen LogP contribution in [0.4, 0.5) is 10.2 Å². The largest absolute Gasteiger partial charge is 0.373 e. The van der Waals surface area contributed by atoms with Crippen LogP contribution in [0.25, 0.3) is 11.3 Å². The Hall–Kier alpha value is -1.68. The van der Waals surface area contributed by atoms with Crippen molar-refractivity contribution < 1.29 is 4.39 Å². The summed E-state index contributed by atoms with van der Waals surface area (Å²) in [5.74, 6) is 1.18. The van der Waals surface area contributed by atoms with Gasteiger partial charge in [0.2, 0.25) is 0 Å². The predicted molar refractivity (Wildman–Crippen MR) is 80.7 cm³/mol. The SMILES string of the molecule is CCCc1nc(NC)c(C)c(-c2ccc(F)cc2Cl)n1. The fourth-order valence-corrected chi connectivity index (χ4v) is 2.34. The van der Waals surface area contributed by atoms with Crippen LogP contribution in [0, 0.1) is 12.7 Å². The molecule has 2 rings (SSSR count). The molecule has 1 aromatic heterocycles. The Morgan fingerprint density at radius 1 is 1.30 bits per heavy atom.